The summed E-state index contributed by atoms with van der Waals surface area (Å²) in [6.45, 7) is 5.09. The molecule has 0 aromatic carbocycles. The van der Waals surface area contributed by atoms with E-state index in [-0.39, 0.29) is 0 Å². The van der Waals surface area contributed by atoms with E-state index in [9.17, 15) is 0 Å². The van der Waals surface area contributed by atoms with Gasteiger partial charge in [-0.25, -0.2) is 0 Å². The van der Waals surface area contributed by atoms with Gasteiger partial charge in [0.25, 0.3) is 0 Å². The number of hydrogen-bond donors (Lipinski definition) is 2. The fraction of sp³-hybridized carbons (Fsp3) is 0.500. The van der Waals surface area contributed by atoms with Crippen molar-refractivity contribution in [3.8, 4) is 0 Å². The van der Waals surface area contributed by atoms with Gasteiger partial charge in [0.2, 0.25) is 5.95 Å². The Hall–Kier alpha value is -1.95. The number of piperazine rings is 1. The Bertz CT molecular complexity index is 538. The molecule has 0 aliphatic carbocycles. The second-order valence-corrected chi connectivity index (χ2v) is 5.24. The molecule has 1 aliphatic heterocycles. The lowest BCUT2D eigenvalue weighted by Crippen LogP contribution is -2.49. The molecule has 0 amide bonds. The molecule has 2 N–H and O–H groups in total. The minimum atomic E-state index is 0.487. The minimum absolute atomic E-state index is 0.487. The standard InChI is InChI=1S/C14H20N6/c1-11-10-20(8-7-16-11)14-17-13(18-19-14)5-4-12-3-2-6-15-9-12/h2-3,6,9,11,16H,4-5,7-8,10H2,1H3,(H,17,18,19)/t11-/m0/s1. The third-order valence-corrected chi connectivity index (χ3v) is 3.54. The van der Waals surface area contributed by atoms with Gasteiger partial charge in [-0.1, -0.05) is 6.07 Å². The topological polar surface area (TPSA) is 69.7 Å². The monoisotopic (exact) mass is 272 g/mol. The van der Waals surface area contributed by atoms with Crippen molar-refractivity contribution in [3.63, 3.8) is 0 Å². The van der Waals surface area contributed by atoms with Crippen LogP contribution in [0.1, 0.15) is 18.3 Å². The molecule has 2 aromatic heterocycles. The molecule has 20 heavy (non-hydrogen) atoms. The molecule has 1 aliphatic rings. The fourth-order valence-corrected chi connectivity index (χ4v) is 2.46. The van der Waals surface area contributed by atoms with Crippen molar-refractivity contribution in [2.45, 2.75) is 25.8 Å². The van der Waals surface area contributed by atoms with E-state index in [4.69, 9.17) is 0 Å². The number of aromatic amines is 1. The Morgan fingerprint density at radius 1 is 1.40 bits per heavy atom. The van der Waals surface area contributed by atoms with Crippen molar-refractivity contribution in [1.82, 2.24) is 25.5 Å². The number of nitrogens with zero attached hydrogens (tertiary/aromatic N) is 4. The first-order valence-electron chi connectivity index (χ1n) is 7.10. The molecule has 6 nitrogen and oxygen atoms in total. The summed E-state index contributed by atoms with van der Waals surface area (Å²) in [4.78, 5) is 10.9. The van der Waals surface area contributed by atoms with E-state index in [1.165, 1.54) is 5.56 Å². The summed E-state index contributed by atoms with van der Waals surface area (Å²) in [5.74, 6) is 1.76. The van der Waals surface area contributed by atoms with Crippen molar-refractivity contribution in [2.24, 2.45) is 0 Å². The first-order valence-corrected chi connectivity index (χ1v) is 7.10. The zero-order valence-corrected chi connectivity index (χ0v) is 11.7. The number of aromatic nitrogens is 4. The van der Waals surface area contributed by atoms with Crippen LogP contribution in [0.4, 0.5) is 5.95 Å². The summed E-state index contributed by atoms with van der Waals surface area (Å²) < 4.78 is 0. The Balaban J connectivity index is 1.59. The fourth-order valence-electron chi connectivity index (χ4n) is 2.46. The van der Waals surface area contributed by atoms with Crippen molar-refractivity contribution in [3.05, 3.63) is 35.9 Å². The van der Waals surface area contributed by atoms with Gasteiger partial charge in [-0.3, -0.25) is 10.1 Å². The molecule has 106 valence electrons. The highest BCUT2D eigenvalue weighted by Crippen LogP contribution is 2.11. The average molecular weight is 272 g/mol. The number of aryl methyl sites for hydroxylation is 2. The van der Waals surface area contributed by atoms with E-state index in [0.29, 0.717) is 6.04 Å². The van der Waals surface area contributed by atoms with Crippen LogP contribution in [0.25, 0.3) is 0 Å². The lowest BCUT2D eigenvalue weighted by Gasteiger charge is -2.30. The first kappa shape index (κ1) is 13.1. The van der Waals surface area contributed by atoms with Crippen molar-refractivity contribution in [2.75, 3.05) is 24.5 Å². The molecular formula is C14H20N6. The maximum absolute atomic E-state index is 4.59. The van der Waals surface area contributed by atoms with Crippen LogP contribution in [0, 0.1) is 0 Å². The lowest BCUT2D eigenvalue weighted by atomic mass is 10.1. The highest BCUT2D eigenvalue weighted by molar-refractivity contribution is 5.30. The Morgan fingerprint density at radius 3 is 3.15 bits per heavy atom. The molecule has 0 bridgehead atoms. The van der Waals surface area contributed by atoms with Gasteiger partial charge in [-0.05, 0) is 25.0 Å². The Kier molecular flexibility index (Phi) is 3.92. The van der Waals surface area contributed by atoms with Crippen LogP contribution in [0.15, 0.2) is 24.5 Å². The van der Waals surface area contributed by atoms with E-state index in [0.717, 1.165) is 44.2 Å². The summed E-state index contributed by atoms with van der Waals surface area (Å²) >= 11 is 0. The van der Waals surface area contributed by atoms with Gasteiger partial charge in [-0.15, -0.1) is 5.10 Å². The molecule has 0 saturated carbocycles. The molecule has 0 radical (unpaired) electrons. The largest absolute Gasteiger partial charge is 0.337 e. The van der Waals surface area contributed by atoms with E-state index >= 15 is 0 Å². The highest BCUT2D eigenvalue weighted by Gasteiger charge is 2.19. The third-order valence-electron chi connectivity index (χ3n) is 3.54. The van der Waals surface area contributed by atoms with E-state index in [1.807, 2.05) is 12.3 Å². The third kappa shape index (κ3) is 3.14. The highest BCUT2D eigenvalue weighted by atomic mass is 15.4. The van der Waals surface area contributed by atoms with Crippen LogP contribution < -0.4 is 10.2 Å². The van der Waals surface area contributed by atoms with Gasteiger partial charge in [0.05, 0.1) is 0 Å². The minimum Gasteiger partial charge on any atom is -0.337 e. The Morgan fingerprint density at radius 2 is 2.35 bits per heavy atom. The number of pyridine rings is 1. The van der Waals surface area contributed by atoms with Crippen LogP contribution in [0.5, 0.6) is 0 Å². The smallest absolute Gasteiger partial charge is 0.244 e. The van der Waals surface area contributed by atoms with Gasteiger partial charge in [-0.2, -0.15) is 4.98 Å². The number of nitrogens with one attached hydrogen (secondary N) is 2. The number of H-pyrrole nitrogens is 1. The molecule has 1 atom stereocenters. The number of hydrogen-bond acceptors (Lipinski definition) is 5. The molecule has 1 fully saturated rings. The van der Waals surface area contributed by atoms with Gasteiger partial charge < -0.3 is 10.2 Å². The van der Waals surface area contributed by atoms with Crippen LogP contribution in [0.2, 0.25) is 0 Å². The van der Waals surface area contributed by atoms with Crippen LogP contribution in [-0.2, 0) is 12.8 Å². The molecule has 6 heteroatoms. The van der Waals surface area contributed by atoms with Gasteiger partial charge >= 0.3 is 0 Å². The second-order valence-electron chi connectivity index (χ2n) is 5.24. The molecule has 1 saturated heterocycles. The predicted molar refractivity (Wildman–Crippen MR) is 77.7 cm³/mol. The Labute approximate surface area is 118 Å². The molecular weight excluding hydrogens is 252 g/mol. The summed E-state index contributed by atoms with van der Waals surface area (Å²) in [5.41, 5.74) is 1.22. The zero-order chi connectivity index (χ0) is 13.8. The SMILES string of the molecule is C[C@H]1CN(c2n[nH]c(CCc3cccnc3)n2)CCN1. The van der Waals surface area contributed by atoms with Crippen LogP contribution in [0.3, 0.4) is 0 Å². The predicted octanol–water partition coefficient (Wildman–Crippen LogP) is 0.783. The molecule has 0 spiro atoms. The lowest BCUT2D eigenvalue weighted by molar-refractivity contribution is 0.479. The normalized spacial score (nSPS) is 19.2. The molecule has 0 unspecified atom stereocenters. The number of rotatable bonds is 4. The van der Waals surface area contributed by atoms with E-state index in [2.05, 4.69) is 43.4 Å². The van der Waals surface area contributed by atoms with Crippen molar-refractivity contribution >= 4 is 5.95 Å². The average Bonchev–Trinajstić information content (AvgIpc) is 2.95. The second kappa shape index (κ2) is 6.00. The van der Waals surface area contributed by atoms with Gasteiger partial charge in [0.15, 0.2) is 0 Å². The molecule has 2 aromatic rings. The van der Waals surface area contributed by atoms with Crippen LogP contribution >= 0.6 is 0 Å². The molecule has 3 heterocycles. The van der Waals surface area contributed by atoms with Gasteiger partial charge in [0.1, 0.15) is 5.82 Å². The maximum Gasteiger partial charge on any atom is 0.244 e. The summed E-state index contributed by atoms with van der Waals surface area (Å²) in [5, 5.41) is 10.8. The zero-order valence-electron chi connectivity index (χ0n) is 11.7. The van der Waals surface area contributed by atoms with Crippen molar-refractivity contribution in [1.29, 1.82) is 0 Å². The number of anilines is 1. The van der Waals surface area contributed by atoms with Crippen molar-refractivity contribution < 1.29 is 0 Å². The quantitative estimate of drug-likeness (QED) is 0.861. The molecule has 3 rings (SSSR count). The maximum atomic E-state index is 4.59. The summed E-state index contributed by atoms with van der Waals surface area (Å²) in [7, 11) is 0. The van der Waals surface area contributed by atoms with Gasteiger partial charge in [0, 0.05) is 44.5 Å². The van der Waals surface area contributed by atoms with E-state index in [1.54, 1.807) is 6.20 Å². The first-order chi connectivity index (χ1) is 9.81. The summed E-state index contributed by atoms with van der Waals surface area (Å²) in [6, 6.07) is 4.53. The summed E-state index contributed by atoms with van der Waals surface area (Å²) in [6.07, 6.45) is 5.48. The van der Waals surface area contributed by atoms with E-state index < -0.39 is 0 Å². The van der Waals surface area contributed by atoms with Crippen LogP contribution in [-0.4, -0.2) is 45.8 Å².